The van der Waals surface area contributed by atoms with Crippen LogP contribution in [0, 0.1) is 12.8 Å². The first-order valence-corrected chi connectivity index (χ1v) is 7.94. The molecule has 0 spiro atoms. The van der Waals surface area contributed by atoms with Gasteiger partial charge in [0.15, 0.2) is 5.82 Å². The summed E-state index contributed by atoms with van der Waals surface area (Å²) in [4.78, 5) is 2.39. The van der Waals surface area contributed by atoms with Crippen LogP contribution in [-0.2, 0) is 0 Å². The van der Waals surface area contributed by atoms with E-state index >= 15 is 0 Å². The number of anilines is 1. The molecule has 1 fully saturated rings. The highest BCUT2D eigenvalue weighted by molar-refractivity contribution is 9.09. The standard InChI is InChI=1S/C15H18BrN3/c1-11-13-6-2-3-7-14(13)15(18-17-11)19-8-4-5-12(9-16)10-19/h2-3,6-7,12H,4-5,8-10H2,1H3. The van der Waals surface area contributed by atoms with Gasteiger partial charge in [-0.15, -0.1) is 5.10 Å². The summed E-state index contributed by atoms with van der Waals surface area (Å²) in [6, 6.07) is 8.44. The maximum atomic E-state index is 4.46. The van der Waals surface area contributed by atoms with E-state index in [1.54, 1.807) is 0 Å². The molecule has 4 heteroatoms. The van der Waals surface area contributed by atoms with Crippen molar-refractivity contribution in [1.82, 2.24) is 10.2 Å². The van der Waals surface area contributed by atoms with Crippen molar-refractivity contribution in [2.75, 3.05) is 23.3 Å². The number of alkyl halides is 1. The van der Waals surface area contributed by atoms with E-state index in [1.807, 2.05) is 6.92 Å². The molecule has 0 amide bonds. The highest BCUT2D eigenvalue weighted by atomic mass is 79.9. The minimum absolute atomic E-state index is 0.718. The maximum Gasteiger partial charge on any atom is 0.159 e. The lowest BCUT2D eigenvalue weighted by molar-refractivity contribution is 0.452. The first-order chi connectivity index (χ1) is 9.29. The lowest BCUT2D eigenvalue weighted by Crippen LogP contribution is -2.36. The predicted octanol–water partition coefficient (Wildman–Crippen LogP) is 3.55. The van der Waals surface area contributed by atoms with Crippen LogP contribution in [0.4, 0.5) is 5.82 Å². The quantitative estimate of drug-likeness (QED) is 0.793. The van der Waals surface area contributed by atoms with Gasteiger partial charge in [0.1, 0.15) is 0 Å². The van der Waals surface area contributed by atoms with Gasteiger partial charge in [-0.05, 0) is 25.7 Å². The Labute approximate surface area is 122 Å². The highest BCUT2D eigenvalue weighted by Gasteiger charge is 2.22. The number of piperidine rings is 1. The SMILES string of the molecule is Cc1nnc(N2CCCC(CBr)C2)c2ccccc12. The van der Waals surface area contributed by atoms with Gasteiger partial charge >= 0.3 is 0 Å². The van der Waals surface area contributed by atoms with Gasteiger partial charge in [0.2, 0.25) is 0 Å². The summed E-state index contributed by atoms with van der Waals surface area (Å²) in [5.41, 5.74) is 1.01. The number of fused-ring (bicyclic) bond motifs is 1. The van der Waals surface area contributed by atoms with Gasteiger partial charge in [0.25, 0.3) is 0 Å². The molecule has 0 N–H and O–H groups in total. The predicted molar refractivity (Wildman–Crippen MR) is 83.0 cm³/mol. The van der Waals surface area contributed by atoms with E-state index in [0.29, 0.717) is 0 Å². The fourth-order valence-corrected chi connectivity index (χ4v) is 3.37. The van der Waals surface area contributed by atoms with Crippen LogP contribution in [0.2, 0.25) is 0 Å². The van der Waals surface area contributed by atoms with Gasteiger partial charge in [0.05, 0.1) is 5.69 Å². The normalized spacial score (nSPS) is 19.9. The molecule has 1 saturated heterocycles. The summed E-state index contributed by atoms with van der Waals surface area (Å²) in [6.45, 7) is 4.19. The zero-order chi connectivity index (χ0) is 13.2. The zero-order valence-corrected chi connectivity index (χ0v) is 12.7. The van der Waals surface area contributed by atoms with E-state index in [-0.39, 0.29) is 0 Å². The van der Waals surface area contributed by atoms with Crippen LogP contribution in [0.3, 0.4) is 0 Å². The number of hydrogen-bond acceptors (Lipinski definition) is 3. The molecule has 1 aliphatic heterocycles. The first kappa shape index (κ1) is 12.9. The number of aromatic nitrogens is 2. The van der Waals surface area contributed by atoms with E-state index in [1.165, 1.54) is 23.6 Å². The van der Waals surface area contributed by atoms with Crippen LogP contribution in [0.5, 0.6) is 0 Å². The molecule has 0 saturated carbocycles. The number of aryl methyl sites for hydroxylation is 1. The van der Waals surface area contributed by atoms with Gasteiger partial charge in [-0.2, -0.15) is 5.10 Å². The van der Waals surface area contributed by atoms with Gasteiger partial charge < -0.3 is 4.90 Å². The van der Waals surface area contributed by atoms with Gasteiger partial charge in [0, 0.05) is 29.2 Å². The second-order valence-corrected chi connectivity index (χ2v) is 5.91. The third-order valence-corrected chi connectivity index (χ3v) is 4.80. The molecule has 2 aromatic rings. The molecule has 0 bridgehead atoms. The van der Waals surface area contributed by atoms with Crippen molar-refractivity contribution < 1.29 is 0 Å². The van der Waals surface area contributed by atoms with Crippen molar-refractivity contribution in [3.63, 3.8) is 0 Å². The summed E-state index contributed by atoms with van der Waals surface area (Å²) in [6.07, 6.45) is 2.54. The fraction of sp³-hybridized carbons (Fsp3) is 0.467. The molecule has 0 radical (unpaired) electrons. The Hall–Kier alpha value is -1.16. The molecule has 1 aromatic carbocycles. The van der Waals surface area contributed by atoms with Crippen molar-refractivity contribution in [1.29, 1.82) is 0 Å². The Kier molecular flexibility index (Phi) is 3.69. The average Bonchev–Trinajstić information content (AvgIpc) is 2.48. The number of halogens is 1. The number of nitrogens with zero attached hydrogens (tertiary/aromatic N) is 3. The minimum Gasteiger partial charge on any atom is -0.354 e. The van der Waals surface area contributed by atoms with Crippen LogP contribution in [0.15, 0.2) is 24.3 Å². The third kappa shape index (κ3) is 2.46. The fourth-order valence-electron chi connectivity index (χ4n) is 2.84. The van der Waals surface area contributed by atoms with E-state index in [9.17, 15) is 0 Å². The molecule has 1 aliphatic rings. The van der Waals surface area contributed by atoms with Gasteiger partial charge in [-0.3, -0.25) is 0 Å². The summed E-state index contributed by atoms with van der Waals surface area (Å²) in [5, 5.41) is 12.3. The van der Waals surface area contributed by atoms with Crippen LogP contribution in [0.25, 0.3) is 10.8 Å². The van der Waals surface area contributed by atoms with E-state index in [4.69, 9.17) is 0 Å². The topological polar surface area (TPSA) is 29.0 Å². The van der Waals surface area contributed by atoms with Crippen molar-refractivity contribution in [3.8, 4) is 0 Å². The van der Waals surface area contributed by atoms with Crippen molar-refractivity contribution in [3.05, 3.63) is 30.0 Å². The number of benzene rings is 1. The Morgan fingerprint density at radius 1 is 1.26 bits per heavy atom. The monoisotopic (exact) mass is 319 g/mol. The van der Waals surface area contributed by atoms with Crippen LogP contribution in [0.1, 0.15) is 18.5 Å². The summed E-state index contributed by atoms with van der Waals surface area (Å²) in [5.74, 6) is 1.77. The molecule has 100 valence electrons. The molecule has 19 heavy (non-hydrogen) atoms. The summed E-state index contributed by atoms with van der Waals surface area (Å²) in [7, 11) is 0. The Balaban J connectivity index is 2.03. The molecule has 3 rings (SSSR count). The average molecular weight is 320 g/mol. The van der Waals surface area contributed by atoms with E-state index in [0.717, 1.165) is 35.8 Å². The van der Waals surface area contributed by atoms with Crippen molar-refractivity contribution >= 4 is 32.5 Å². The molecule has 2 heterocycles. The Morgan fingerprint density at radius 3 is 2.84 bits per heavy atom. The minimum atomic E-state index is 0.718. The highest BCUT2D eigenvalue weighted by Crippen LogP contribution is 2.29. The van der Waals surface area contributed by atoms with Crippen molar-refractivity contribution in [2.24, 2.45) is 5.92 Å². The first-order valence-electron chi connectivity index (χ1n) is 6.82. The summed E-state index contributed by atoms with van der Waals surface area (Å²) < 4.78 is 0. The molecular formula is C15H18BrN3. The third-order valence-electron chi connectivity index (χ3n) is 3.89. The number of rotatable bonds is 2. The second-order valence-electron chi connectivity index (χ2n) is 5.26. The summed E-state index contributed by atoms with van der Waals surface area (Å²) >= 11 is 3.61. The van der Waals surface area contributed by atoms with Gasteiger partial charge in [-0.1, -0.05) is 40.2 Å². The van der Waals surface area contributed by atoms with Gasteiger partial charge in [-0.25, -0.2) is 0 Å². The molecular weight excluding hydrogens is 302 g/mol. The van der Waals surface area contributed by atoms with E-state index in [2.05, 4.69) is 55.3 Å². The van der Waals surface area contributed by atoms with Crippen LogP contribution >= 0.6 is 15.9 Å². The second kappa shape index (κ2) is 5.45. The molecule has 1 aromatic heterocycles. The molecule has 1 unspecified atom stereocenters. The zero-order valence-electron chi connectivity index (χ0n) is 11.1. The molecule has 1 atom stereocenters. The Bertz CT molecular complexity index is 585. The van der Waals surface area contributed by atoms with Crippen LogP contribution < -0.4 is 4.90 Å². The lowest BCUT2D eigenvalue weighted by atomic mass is 9.99. The molecule has 0 aliphatic carbocycles. The van der Waals surface area contributed by atoms with Crippen LogP contribution in [-0.4, -0.2) is 28.6 Å². The lowest BCUT2D eigenvalue weighted by Gasteiger charge is -2.33. The number of hydrogen-bond donors (Lipinski definition) is 0. The largest absolute Gasteiger partial charge is 0.354 e. The van der Waals surface area contributed by atoms with E-state index < -0.39 is 0 Å². The molecule has 3 nitrogen and oxygen atoms in total. The van der Waals surface area contributed by atoms with Crippen molar-refractivity contribution in [2.45, 2.75) is 19.8 Å². The Morgan fingerprint density at radius 2 is 2.05 bits per heavy atom. The maximum absolute atomic E-state index is 4.46. The smallest absolute Gasteiger partial charge is 0.159 e.